The Kier molecular flexibility index (Phi) is 4.91. The van der Waals surface area contributed by atoms with Crippen molar-refractivity contribution in [3.63, 3.8) is 0 Å². The van der Waals surface area contributed by atoms with E-state index in [1.165, 1.54) is 5.56 Å². The molecular formula is C23H31N3O3. The van der Waals surface area contributed by atoms with Crippen molar-refractivity contribution < 1.29 is 14.4 Å². The van der Waals surface area contributed by atoms with Gasteiger partial charge in [0.05, 0.1) is 6.04 Å². The Bertz CT molecular complexity index is 850. The van der Waals surface area contributed by atoms with Gasteiger partial charge in [0, 0.05) is 0 Å². The summed E-state index contributed by atoms with van der Waals surface area (Å²) in [4.78, 5) is 39.7. The summed E-state index contributed by atoms with van der Waals surface area (Å²) in [6.07, 6.45) is 5.18. The highest BCUT2D eigenvalue weighted by molar-refractivity contribution is 6.09. The Labute approximate surface area is 172 Å². The van der Waals surface area contributed by atoms with E-state index in [4.69, 9.17) is 0 Å². The predicted molar refractivity (Wildman–Crippen MR) is 110 cm³/mol. The quantitative estimate of drug-likeness (QED) is 0.768. The first-order chi connectivity index (χ1) is 13.7. The molecule has 4 amide bonds. The number of amides is 4. The highest BCUT2D eigenvalue weighted by atomic mass is 16.2. The first kappa shape index (κ1) is 19.9. The molecule has 29 heavy (non-hydrogen) atoms. The van der Waals surface area contributed by atoms with Crippen LogP contribution >= 0.6 is 0 Å². The van der Waals surface area contributed by atoms with Crippen LogP contribution in [0.2, 0.25) is 0 Å². The molecule has 1 saturated carbocycles. The number of nitrogens with one attached hydrogen (secondary N) is 2. The lowest BCUT2D eigenvalue weighted by atomic mass is 9.64. The molecule has 1 aromatic rings. The van der Waals surface area contributed by atoms with Gasteiger partial charge < -0.3 is 10.6 Å². The first-order valence-corrected chi connectivity index (χ1v) is 10.7. The molecule has 0 aromatic heterocycles. The minimum Gasteiger partial charge on any atom is -0.348 e. The van der Waals surface area contributed by atoms with Crippen LogP contribution in [-0.2, 0) is 16.0 Å². The molecule has 156 valence electrons. The predicted octanol–water partition coefficient (Wildman–Crippen LogP) is 3.32. The minimum atomic E-state index is -0.865. The summed E-state index contributed by atoms with van der Waals surface area (Å²) >= 11 is 0. The van der Waals surface area contributed by atoms with E-state index in [0.29, 0.717) is 18.8 Å². The van der Waals surface area contributed by atoms with Crippen LogP contribution in [0.4, 0.5) is 4.79 Å². The Balaban J connectivity index is 1.45. The van der Waals surface area contributed by atoms with Gasteiger partial charge in [-0.3, -0.25) is 14.5 Å². The second-order valence-electron chi connectivity index (χ2n) is 9.97. The van der Waals surface area contributed by atoms with Gasteiger partial charge >= 0.3 is 6.03 Å². The SMILES string of the molecule is C[C@@H]1CC(C)(C)C[C@]2(C1)NC(=O)N(CC(=O)N[C@H]1CCCc3ccccc31)C2=O. The van der Waals surface area contributed by atoms with Crippen LogP contribution in [0, 0.1) is 11.3 Å². The Morgan fingerprint density at radius 3 is 2.76 bits per heavy atom. The highest BCUT2D eigenvalue weighted by Gasteiger charge is 2.56. The summed E-state index contributed by atoms with van der Waals surface area (Å²) < 4.78 is 0. The van der Waals surface area contributed by atoms with E-state index in [1.54, 1.807) is 0 Å². The molecule has 6 heteroatoms. The van der Waals surface area contributed by atoms with Crippen molar-refractivity contribution in [2.75, 3.05) is 6.54 Å². The fourth-order valence-electron chi connectivity index (χ4n) is 5.94. The summed E-state index contributed by atoms with van der Waals surface area (Å²) in [7, 11) is 0. The molecule has 0 unspecified atom stereocenters. The van der Waals surface area contributed by atoms with E-state index in [-0.39, 0.29) is 29.8 Å². The van der Waals surface area contributed by atoms with Gasteiger partial charge in [0.25, 0.3) is 5.91 Å². The number of carbonyl (C=O) groups is 3. The van der Waals surface area contributed by atoms with Crippen LogP contribution in [0.25, 0.3) is 0 Å². The number of urea groups is 1. The fourth-order valence-corrected chi connectivity index (χ4v) is 5.94. The van der Waals surface area contributed by atoms with E-state index < -0.39 is 11.6 Å². The van der Waals surface area contributed by atoms with Crippen LogP contribution in [0.3, 0.4) is 0 Å². The number of rotatable bonds is 3. The molecule has 1 saturated heterocycles. The number of nitrogens with zero attached hydrogens (tertiary/aromatic N) is 1. The van der Waals surface area contributed by atoms with Crippen LogP contribution in [0.1, 0.15) is 70.0 Å². The fraction of sp³-hybridized carbons (Fsp3) is 0.609. The topological polar surface area (TPSA) is 78.5 Å². The highest BCUT2D eigenvalue weighted by Crippen LogP contribution is 2.46. The molecule has 1 aromatic carbocycles. The Morgan fingerprint density at radius 2 is 2.00 bits per heavy atom. The van der Waals surface area contributed by atoms with Crippen molar-refractivity contribution >= 4 is 17.8 Å². The Hall–Kier alpha value is -2.37. The second-order valence-corrected chi connectivity index (χ2v) is 9.97. The van der Waals surface area contributed by atoms with Gasteiger partial charge in [-0.25, -0.2) is 4.79 Å². The number of hydrogen-bond acceptors (Lipinski definition) is 3. The molecule has 1 spiro atoms. The maximum Gasteiger partial charge on any atom is 0.325 e. The largest absolute Gasteiger partial charge is 0.348 e. The van der Waals surface area contributed by atoms with Crippen molar-refractivity contribution in [3.8, 4) is 0 Å². The van der Waals surface area contributed by atoms with Gasteiger partial charge in [-0.05, 0) is 61.0 Å². The summed E-state index contributed by atoms with van der Waals surface area (Å²) in [5.74, 6) is -0.188. The van der Waals surface area contributed by atoms with E-state index in [2.05, 4.69) is 37.5 Å². The van der Waals surface area contributed by atoms with Gasteiger partial charge in [-0.2, -0.15) is 0 Å². The van der Waals surface area contributed by atoms with Crippen molar-refractivity contribution in [2.45, 2.75) is 70.9 Å². The van der Waals surface area contributed by atoms with Crippen LogP contribution < -0.4 is 10.6 Å². The molecule has 2 aliphatic carbocycles. The average molecular weight is 398 g/mol. The van der Waals surface area contributed by atoms with Crippen LogP contribution in [0.5, 0.6) is 0 Å². The zero-order valence-corrected chi connectivity index (χ0v) is 17.6. The van der Waals surface area contributed by atoms with E-state index in [0.717, 1.165) is 36.1 Å². The van der Waals surface area contributed by atoms with Crippen molar-refractivity contribution in [2.24, 2.45) is 11.3 Å². The van der Waals surface area contributed by atoms with Gasteiger partial charge in [0.15, 0.2) is 0 Å². The normalized spacial score (nSPS) is 30.8. The third kappa shape index (κ3) is 3.77. The maximum atomic E-state index is 13.2. The molecule has 4 rings (SSSR count). The number of carbonyl (C=O) groups excluding carboxylic acids is 3. The molecule has 6 nitrogen and oxygen atoms in total. The standard InChI is InChI=1S/C23H31N3O3/c1-15-11-22(2,3)14-23(12-15)20(28)26(21(29)25-23)13-19(27)24-18-10-6-8-16-7-4-5-9-17(16)18/h4-5,7,9,15,18H,6,8,10-14H2,1-3H3,(H,24,27)(H,25,29)/t15-,18+,23+/m1/s1. The molecule has 2 N–H and O–H groups in total. The minimum absolute atomic E-state index is 0.0231. The van der Waals surface area contributed by atoms with Gasteiger partial charge in [0.2, 0.25) is 5.91 Å². The monoisotopic (exact) mass is 397 g/mol. The molecule has 0 radical (unpaired) electrons. The maximum absolute atomic E-state index is 13.2. The van der Waals surface area contributed by atoms with E-state index in [9.17, 15) is 14.4 Å². The third-order valence-corrected chi connectivity index (χ3v) is 6.63. The van der Waals surface area contributed by atoms with Crippen molar-refractivity contribution in [1.82, 2.24) is 15.5 Å². The second kappa shape index (κ2) is 7.15. The first-order valence-electron chi connectivity index (χ1n) is 10.7. The molecule has 3 aliphatic rings. The zero-order chi connectivity index (χ0) is 20.8. The van der Waals surface area contributed by atoms with Gasteiger partial charge in [0.1, 0.15) is 12.1 Å². The molecule has 1 aliphatic heterocycles. The molecule has 1 heterocycles. The van der Waals surface area contributed by atoms with E-state index >= 15 is 0 Å². The van der Waals surface area contributed by atoms with Crippen LogP contribution in [0.15, 0.2) is 24.3 Å². The zero-order valence-electron chi connectivity index (χ0n) is 17.6. The lowest BCUT2D eigenvalue weighted by Crippen LogP contribution is -2.54. The number of aryl methyl sites for hydroxylation is 1. The number of hydrogen-bond donors (Lipinski definition) is 2. The Morgan fingerprint density at radius 1 is 1.24 bits per heavy atom. The number of fused-ring (bicyclic) bond motifs is 1. The molecule has 3 atom stereocenters. The number of imide groups is 1. The third-order valence-electron chi connectivity index (χ3n) is 6.63. The lowest BCUT2D eigenvalue weighted by Gasteiger charge is -2.43. The number of benzene rings is 1. The summed E-state index contributed by atoms with van der Waals surface area (Å²) in [6.45, 7) is 6.18. The average Bonchev–Trinajstić information content (AvgIpc) is 2.83. The summed E-state index contributed by atoms with van der Waals surface area (Å²) in [6, 6.07) is 7.64. The summed E-state index contributed by atoms with van der Waals surface area (Å²) in [5, 5.41) is 5.98. The smallest absolute Gasteiger partial charge is 0.325 e. The van der Waals surface area contributed by atoms with Crippen molar-refractivity contribution in [3.05, 3.63) is 35.4 Å². The van der Waals surface area contributed by atoms with Gasteiger partial charge in [-0.1, -0.05) is 45.0 Å². The lowest BCUT2D eigenvalue weighted by molar-refractivity contribution is -0.137. The van der Waals surface area contributed by atoms with E-state index in [1.807, 2.05) is 18.2 Å². The van der Waals surface area contributed by atoms with Crippen LogP contribution in [-0.4, -0.2) is 34.8 Å². The van der Waals surface area contributed by atoms with Gasteiger partial charge in [-0.15, -0.1) is 0 Å². The van der Waals surface area contributed by atoms with Crippen molar-refractivity contribution in [1.29, 1.82) is 0 Å². The molecule has 2 fully saturated rings. The summed E-state index contributed by atoms with van der Waals surface area (Å²) in [5.41, 5.74) is 1.51. The molecular weight excluding hydrogens is 366 g/mol. The molecule has 0 bridgehead atoms.